The first-order valence-corrected chi connectivity index (χ1v) is 10.6. The molecule has 2 fully saturated rings. The van der Waals surface area contributed by atoms with Gasteiger partial charge in [-0.1, -0.05) is 31.4 Å². The fraction of sp³-hybridized carbons (Fsp3) is 0.739. The summed E-state index contributed by atoms with van der Waals surface area (Å²) in [6.07, 6.45) is 13.1. The maximum atomic E-state index is 12.0. The SMILES string of the molecule is CC[C@@H]1CC2=C(CCC(=O)C2)[C@H]2CC[C@@]3(C)[C@@H](CC[C@@]34C=CC(=O)O4)[C@H]12. The molecule has 0 bridgehead atoms. The van der Waals surface area contributed by atoms with Crippen LogP contribution in [0.2, 0.25) is 0 Å². The summed E-state index contributed by atoms with van der Waals surface area (Å²) in [5.74, 6) is 2.99. The van der Waals surface area contributed by atoms with Crippen LogP contribution in [0.4, 0.5) is 0 Å². The van der Waals surface area contributed by atoms with Crippen LogP contribution in [-0.4, -0.2) is 17.4 Å². The summed E-state index contributed by atoms with van der Waals surface area (Å²) in [5, 5.41) is 0. The van der Waals surface area contributed by atoms with Gasteiger partial charge in [0.1, 0.15) is 11.4 Å². The molecular weight excluding hydrogens is 324 g/mol. The van der Waals surface area contributed by atoms with Crippen molar-refractivity contribution >= 4 is 11.8 Å². The van der Waals surface area contributed by atoms with E-state index in [-0.39, 0.29) is 17.0 Å². The molecule has 3 nitrogen and oxygen atoms in total. The third kappa shape index (κ3) is 2.06. The first kappa shape index (κ1) is 16.8. The van der Waals surface area contributed by atoms with Gasteiger partial charge in [0.25, 0.3) is 0 Å². The van der Waals surface area contributed by atoms with Gasteiger partial charge in [0.15, 0.2) is 0 Å². The smallest absolute Gasteiger partial charge is 0.331 e. The van der Waals surface area contributed by atoms with Crippen molar-refractivity contribution in [2.75, 3.05) is 0 Å². The van der Waals surface area contributed by atoms with Crippen molar-refractivity contribution < 1.29 is 14.3 Å². The van der Waals surface area contributed by atoms with E-state index in [2.05, 4.69) is 19.9 Å². The Bertz CT molecular complexity index is 732. The van der Waals surface area contributed by atoms with E-state index >= 15 is 0 Å². The van der Waals surface area contributed by atoms with Crippen molar-refractivity contribution in [3.63, 3.8) is 0 Å². The topological polar surface area (TPSA) is 43.4 Å². The van der Waals surface area contributed by atoms with Crippen molar-refractivity contribution in [1.82, 2.24) is 0 Å². The maximum Gasteiger partial charge on any atom is 0.331 e. The number of ether oxygens (including phenoxy) is 1. The second kappa shape index (κ2) is 5.56. The number of Topliss-reactive ketones (excluding diaryl/α,β-unsaturated/α-hetero) is 1. The van der Waals surface area contributed by atoms with Gasteiger partial charge in [-0.2, -0.15) is 0 Å². The van der Waals surface area contributed by atoms with Crippen molar-refractivity contribution in [3.05, 3.63) is 23.3 Å². The second-order valence-corrected chi connectivity index (χ2v) is 9.65. The molecule has 1 aliphatic heterocycles. The van der Waals surface area contributed by atoms with Gasteiger partial charge in [0, 0.05) is 24.3 Å². The summed E-state index contributed by atoms with van der Waals surface area (Å²) in [4.78, 5) is 23.9. The third-order valence-electron chi connectivity index (χ3n) is 8.85. The van der Waals surface area contributed by atoms with Gasteiger partial charge in [-0.15, -0.1) is 0 Å². The number of fused-ring (bicyclic) bond motifs is 5. The highest BCUT2D eigenvalue weighted by Gasteiger charge is 2.65. The highest BCUT2D eigenvalue weighted by Crippen LogP contribution is 2.67. The molecule has 6 atom stereocenters. The Hall–Kier alpha value is -1.38. The lowest BCUT2D eigenvalue weighted by Crippen LogP contribution is -2.53. The van der Waals surface area contributed by atoms with Crippen LogP contribution >= 0.6 is 0 Å². The first-order valence-electron chi connectivity index (χ1n) is 10.6. The minimum atomic E-state index is -0.352. The Morgan fingerprint density at radius 3 is 2.77 bits per heavy atom. The second-order valence-electron chi connectivity index (χ2n) is 9.65. The molecule has 0 N–H and O–H groups in total. The lowest BCUT2D eigenvalue weighted by molar-refractivity contribution is -0.160. The van der Waals surface area contributed by atoms with Gasteiger partial charge in [0.2, 0.25) is 0 Å². The van der Waals surface area contributed by atoms with E-state index in [9.17, 15) is 9.59 Å². The first-order chi connectivity index (χ1) is 12.5. The van der Waals surface area contributed by atoms with Crippen LogP contribution < -0.4 is 0 Å². The lowest BCUT2D eigenvalue weighted by Gasteiger charge is -2.56. The van der Waals surface area contributed by atoms with Crippen molar-refractivity contribution in [3.8, 4) is 0 Å². The number of hydrogen-bond acceptors (Lipinski definition) is 3. The predicted octanol–water partition coefficient (Wildman–Crippen LogP) is 4.76. The van der Waals surface area contributed by atoms with Crippen molar-refractivity contribution in [2.24, 2.45) is 29.1 Å². The molecule has 0 aromatic heterocycles. The molecule has 0 aromatic carbocycles. The van der Waals surface area contributed by atoms with Gasteiger partial charge in [-0.05, 0) is 68.3 Å². The third-order valence-corrected chi connectivity index (χ3v) is 8.85. The minimum absolute atomic E-state index is 0.0762. The highest BCUT2D eigenvalue weighted by molar-refractivity contribution is 5.85. The average Bonchev–Trinajstić information content (AvgIpc) is 3.14. The number of carbonyl (C=O) groups excluding carboxylic acids is 2. The molecule has 0 saturated heterocycles. The average molecular weight is 354 g/mol. The Morgan fingerprint density at radius 1 is 1.19 bits per heavy atom. The molecule has 1 spiro atoms. The summed E-state index contributed by atoms with van der Waals surface area (Å²) >= 11 is 0. The standard InChI is InChI=1S/C23H30O3/c1-3-14-12-15-13-16(24)4-5-17(15)18-6-9-22(2)19(21(14)18)7-10-23(22)11-8-20(25)26-23/h8,11,14,18-19,21H,3-7,9-10,12-13H2,1-2H3/t14-,18-,19+,21-,22+,23-/m1/s1. The zero-order chi connectivity index (χ0) is 18.1. The summed E-state index contributed by atoms with van der Waals surface area (Å²) < 4.78 is 5.94. The molecule has 5 rings (SSSR count). The van der Waals surface area contributed by atoms with Crippen LogP contribution in [0.3, 0.4) is 0 Å². The maximum absolute atomic E-state index is 12.0. The quantitative estimate of drug-likeness (QED) is 0.504. The Kier molecular flexibility index (Phi) is 3.59. The lowest BCUT2D eigenvalue weighted by atomic mass is 9.49. The Morgan fingerprint density at radius 2 is 2.04 bits per heavy atom. The zero-order valence-electron chi connectivity index (χ0n) is 16.1. The largest absolute Gasteiger partial charge is 0.451 e. The number of hydrogen-bond donors (Lipinski definition) is 0. The number of allylic oxidation sites excluding steroid dienone is 2. The zero-order valence-corrected chi connectivity index (χ0v) is 16.1. The van der Waals surface area contributed by atoms with Crippen LogP contribution in [0, 0.1) is 29.1 Å². The van der Waals surface area contributed by atoms with Crippen LogP contribution in [-0.2, 0) is 14.3 Å². The fourth-order valence-electron chi connectivity index (χ4n) is 7.60. The molecule has 0 unspecified atom stereocenters. The predicted molar refractivity (Wildman–Crippen MR) is 99.3 cm³/mol. The van der Waals surface area contributed by atoms with Gasteiger partial charge in [-0.25, -0.2) is 4.79 Å². The Labute approximate surface area is 156 Å². The van der Waals surface area contributed by atoms with E-state index in [1.165, 1.54) is 24.8 Å². The summed E-state index contributed by atoms with van der Waals surface area (Å²) in [5.41, 5.74) is 2.88. The van der Waals surface area contributed by atoms with Gasteiger partial charge in [0.05, 0.1) is 0 Å². The monoisotopic (exact) mass is 354 g/mol. The molecule has 26 heavy (non-hydrogen) atoms. The number of esters is 1. The van der Waals surface area contributed by atoms with Gasteiger partial charge < -0.3 is 4.74 Å². The van der Waals surface area contributed by atoms with E-state index in [4.69, 9.17) is 4.74 Å². The fourth-order valence-corrected chi connectivity index (χ4v) is 7.60. The van der Waals surface area contributed by atoms with Crippen LogP contribution in [0.15, 0.2) is 23.3 Å². The van der Waals surface area contributed by atoms with E-state index in [1.807, 2.05) is 0 Å². The Balaban J connectivity index is 1.53. The molecule has 4 aliphatic carbocycles. The van der Waals surface area contributed by atoms with E-state index in [0.29, 0.717) is 29.5 Å². The highest BCUT2D eigenvalue weighted by atomic mass is 16.6. The molecule has 2 saturated carbocycles. The number of ketones is 1. The van der Waals surface area contributed by atoms with E-state index < -0.39 is 0 Å². The van der Waals surface area contributed by atoms with Gasteiger partial charge >= 0.3 is 5.97 Å². The van der Waals surface area contributed by atoms with Crippen molar-refractivity contribution in [1.29, 1.82) is 0 Å². The number of carbonyl (C=O) groups is 2. The van der Waals surface area contributed by atoms with E-state index in [0.717, 1.165) is 38.5 Å². The van der Waals surface area contributed by atoms with Crippen LogP contribution in [0.25, 0.3) is 0 Å². The molecule has 3 heteroatoms. The summed E-state index contributed by atoms with van der Waals surface area (Å²) in [6.45, 7) is 4.72. The molecule has 0 amide bonds. The molecule has 0 radical (unpaired) electrons. The normalized spacial score (nSPS) is 47.0. The summed E-state index contributed by atoms with van der Waals surface area (Å²) in [6, 6.07) is 0. The van der Waals surface area contributed by atoms with Gasteiger partial charge in [-0.3, -0.25) is 4.79 Å². The van der Waals surface area contributed by atoms with Crippen LogP contribution in [0.5, 0.6) is 0 Å². The summed E-state index contributed by atoms with van der Waals surface area (Å²) in [7, 11) is 0. The van der Waals surface area contributed by atoms with Crippen LogP contribution in [0.1, 0.15) is 71.6 Å². The molecule has 0 aromatic rings. The van der Waals surface area contributed by atoms with Crippen molar-refractivity contribution in [2.45, 2.75) is 77.2 Å². The molecule has 5 aliphatic rings. The molecular formula is C23H30O3. The molecule has 1 heterocycles. The minimum Gasteiger partial charge on any atom is -0.451 e. The molecule has 140 valence electrons. The van der Waals surface area contributed by atoms with E-state index in [1.54, 1.807) is 11.6 Å². The number of rotatable bonds is 1.